The Bertz CT molecular complexity index is 259. The number of sulfone groups is 1. The van der Waals surface area contributed by atoms with Crippen LogP contribution in [0.3, 0.4) is 0 Å². The van der Waals surface area contributed by atoms with Crippen LogP contribution in [0.4, 0.5) is 0 Å². The van der Waals surface area contributed by atoms with Gasteiger partial charge in [-0.05, 0) is 13.3 Å². The van der Waals surface area contributed by atoms with Gasteiger partial charge in [-0.15, -0.1) is 0 Å². The Morgan fingerprint density at radius 1 is 1.42 bits per heavy atom. The van der Waals surface area contributed by atoms with Gasteiger partial charge in [-0.3, -0.25) is 0 Å². The fraction of sp³-hybridized carbons (Fsp3) is 1.00. The van der Waals surface area contributed by atoms with Gasteiger partial charge in [0.05, 0.1) is 5.75 Å². The first-order valence-corrected chi connectivity index (χ1v) is 5.47. The van der Waals surface area contributed by atoms with Crippen LogP contribution in [-0.4, -0.2) is 39.4 Å². The minimum Gasteiger partial charge on any atom is -0.375 e. The van der Waals surface area contributed by atoms with Crippen LogP contribution in [0.5, 0.6) is 0 Å². The molecule has 2 unspecified atom stereocenters. The van der Waals surface area contributed by atoms with E-state index < -0.39 is 20.9 Å². The third kappa shape index (κ3) is 1.36. The maximum absolute atomic E-state index is 11.4. The number of hydrogen-bond acceptors (Lipinski definition) is 4. The van der Waals surface area contributed by atoms with E-state index in [9.17, 15) is 8.42 Å². The molecule has 0 radical (unpaired) electrons. The van der Waals surface area contributed by atoms with Gasteiger partial charge in [0.25, 0.3) is 0 Å². The first-order valence-electron chi connectivity index (χ1n) is 3.76. The predicted molar refractivity (Wildman–Crippen MR) is 44.6 cm³/mol. The van der Waals surface area contributed by atoms with Crippen LogP contribution in [0.2, 0.25) is 0 Å². The van der Waals surface area contributed by atoms with E-state index in [1.165, 1.54) is 14.2 Å². The second-order valence-electron chi connectivity index (χ2n) is 3.20. The average molecular weight is 194 g/mol. The van der Waals surface area contributed by atoms with E-state index >= 15 is 0 Å². The molecule has 12 heavy (non-hydrogen) atoms. The second kappa shape index (κ2) is 2.97. The predicted octanol–water partition coefficient (Wildman–Crippen LogP) is 0.183. The first kappa shape index (κ1) is 9.95. The smallest absolute Gasteiger partial charge is 0.186 e. The van der Waals surface area contributed by atoms with Crippen molar-refractivity contribution >= 4 is 9.84 Å². The fourth-order valence-corrected chi connectivity index (χ4v) is 3.71. The zero-order valence-corrected chi connectivity index (χ0v) is 8.35. The molecule has 72 valence electrons. The van der Waals surface area contributed by atoms with Gasteiger partial charge in [-0.1, -0.05) is 0 Å². The molecule has 1 saturated heterocycles. The van der Waals surface area contributed by atoms with Gasteiger partial charge in [0.2, 0.25) is 0 Å². The Morgan fingerprint density at radius 2 is 2.00 bits per heavy atom. The summed E-state index contributed by atoms with van der Waals surface area (Å²) < 4.78 is 32.8. The Balaban J connectivity index is 2.99. The summed E-state index contributed by atoms with van der Waals surface area (Å²) in [6.45, 7) is 1.76. The van der Waals surface area contributed by atoms with Crippen LogP contribution in [0.1, 0.15) is 13.3 Å². The van der Waals surface area contributed by atoms with Gasteiger partial charge < -0.3 is 9.47 Å². The maximum Gasteiger partial charge on any atom is 0.186 e. The summed E-state index contributed by atoms with van der Waals surface area (Å²) in [5.41, 5.74) is -1.48. The van der Waals surface area contributed by atoms with E-state index in [1.54, 1.807) is 6.92 Å². The molecule has 4 nitrogen and oxygen atoms in total. The van der Waals surface area contributed by atoms with Gasteiger partial charge in [-0.25, -0.2) is 8.42 Å². The molecule has 1 heterocycles. The fourth-order valence-electron chi connectivity index (χ4n) is 1.54. The average Bonchev–Trinajstić information content (AvgIpc) is 2.24. The van der Waals surface area contributed by atoms with Crippen molar-refractivity contribution < 1.29 is 17.9 Å². The monoisotopic (exact) mass is 194 g/mol. The third-order valence-corrected chi connectivity index (χ3v) is 4.50. The second-order valence-corrected chi connectivity index (χ2v) is 5.36. The molecule has 0 N–H and O–H groups in total. The zero-order chi connectivity index (χ0) is 9.41. The van der Waals surface area contributed by atoms with Crippen LogP contribution in [0.25, 0.3) is 0 Å². The molecule has 0 aromatic heterocycles. The van der Waals surface area contributed by atoms with E-state index in [2.05, 4.69) is 0 Å². The highest BCUT2D eigenvalue weighted by molar-refractivity contribution is 7.92. The summed E-state index contributed by atoms with van der Waals surface area (Å²) >= 11 is 0. The van der Waals surface area contributed by atoms with Crippen molar-refractivity contribution in [2.24, 2.45) is 0 Å². The summed E-state index contributed by atoms with van der Waals surface area (Å²) in [5.74, 6) is 0.149. The van der Waals surface area contributed by atoms with Crippen LogP contribution >= 0.6 is 0 Å². The molecule has 0 aromatic rings. The number of rotatable bonds is 2. The van der Waals surface area contributed by atoms with Crippen LogP contribution in [0, 0.1) is 0 Å². The van der Waals surface area contributed by atoms with E-state index in [0.717, 1.165) is 0 Å². The number of hydrogen-bond donors (Lipinski definition) is 0. The van der Waals surface area contributed by atoms with Crippen molar-refractivity contribution in [2.75, 3.05) is 20.0 Å². The first-order chi connectivity index (χ1) is 5.46. The zero-order valence-electron chi connectivity index (χ0n) is 7.53. The molecule has 0 amide bonds. The molecule has 0 aromatic carbocycles. The Morgan fingerprint density at radius 3 is 2.33 bits per heavy atom. The summed E-state index contributed by atoms with van der Waals surface area (Å²) in [7, 11) is -0.204. The lowest BCUT2D eigenvalue weighted by Gasteiger charge is -2.26. The van der Waals surface area contributed by atoms with E-state index in [-0.39, 0.29) is 5.75 Å². The Hall–Kier alpha value is -0.130. The molecule has 0 aliphatic carbocycles. The van der Waals surface area contributed by atoms with Gasteiger partial charge in [-0.2, -0.15) is 0 Å². The minimum atomic E-state index is -3.10. The summed E-state index contributed by atoms with van der Waals surface area (Å²) in [5, 5.41) is 0. The normalized spacial score (nSPS) is 40.1. The van der Waals surface area contributed by atoms with Crippen molar-refractivity contribution in [3.8, 4) is 0 Å². The summed E-state index contributed by atoms with van der Waals surface area (Å²) in [6.07, 6.45) is 0.504. The molecule has 1 fully saturated rings. The highest BCUT2D eigenvalue weighted by atomic mass is 32.2. The minimum absolute atomic E-state index is 0.149. The molecule has 0 bridgehead atoms. The molecule has 0 saturated carbocycles. The van der Waals surface area contributed by atoms with Crippen LogP contribution in [0.15, 0.2) is 0 Å². The molecule has 1 aliphatic heterocycles. The summed E-state index contributed by atoms with van der Waals surface area (Å²) in [6, 6.07) is 0. The maximum atomic E-state index is 11.4. The van der Waals surface area contributed by atoms with Gasteiger partial charge in [0, 0.05) is 14.2 Å². The lowest BCUT2D eigenvalue weighted by molar-refractivity contribution is -0.0638. The Kier molecular flexibility index (Phi) is 2.47. The van der Waals surface area contributed by atoms with E-state index in [1.807, 2.05) is 0 Å². The quantitative estimate of drug-likeness (QED) is 0.629. The number of methoxy groups -OCH3 is 2. The highest BCUT2D eigenvalue weighted by Crippen LogP contribution is 2.33. The van der Waals surface area contributed by atoms with Crippen molar-refractivity contribution in [1.82, 2.24) is 0 Å². The largest absolute Gasteiger partial charge is 0.375 e. The lowest BCUT2D eigenvalue weighted by atomic mass is 10.1. The van der Waals surface area contributed by atoms with Gasteiger partial charge in [0.15, 0.2) is 15.3 Å². The topological polar surface area (TPSA) is 52.6 Å². The third-order valence-electron chi connectivity index (χ3n) is 2.39. The Labute approximate surface area is 72.8 Å². The van der Waals surface area contributed by atoms with E-state index in [4.69, 9.17) is 9.47 Å². The number of ether oxygens (including phenoxy) is 2. The molecule has 2 atom stereocenters. The van der Waals surface area contributed by atoms with Crippen LogP contribution in [-0.2, 0) is 19.3 Å². The van der Waals surface area contributed by atoms with Gasteiger partial charge in [0.1, 0.15) is 5.60 Å². The molecule has 1 rings (SSSR count). The standard InChI is InChI=1S/C7H14O4S/c1-7(11-3)4-5-12(8,9)6(7)10-2/h6H,4-5H2,1-3H3. The SMILES string of the molecule is COC1C(C)(OC)CCS1(=O)=O. The van der Waals surface area contributed by atoms with E-state index in [0.29, 0.717) is 6.42 Å². The van der Waals surface area contributed by atoms with Crippen molar-refractivity contribution in [1.29, 1.82) is 0 Å². The summed E-state index contributed by atoms with van der Waals surface area (Å²) in [4.78, 5) is 0. The molecular formula is C7H14O4S. The molecular weight excluding hydrogens is 180 g/mol. The van der Waals surface area contributed by atoms with Crippen LogP contribution < -0.4 is 0 Å². The highest BCUT2D eigenvalue weighted by Gasteiger charge is 2.49. The van der Waals surface area contributed by atoms with Crippen molar-refractivity contribution in [3.63, 3.8) is 0 Å². The van der Waals surface area contributed by atoms with Gasteiger partial charge >= 0.3 is 0 Å². The molecule has 5 heteroatoms. The molecule has 0 spiro atoms. The lowest BCUT2D eigenvalue weighted by Crippen LogP contribution is -2.40. The van der Waals surface area contributed by atoms with Crippen molar-refractivity contribution in [2.45, 2.75) is 24.4 Å². The van der Waals surface area contributed by atoms with Crippen molar-refractivity contribution in [3.05, 3.63) is 0 Å². The molecule has 1 aliphatic rings.